The fourth-order valence-corrected chi connectivity index (χ4v) is 11.9. The van der Waals surface area contributed by atoms with Crippen LogP contribution in [0.15, 0.2) is 42.5 Å². The molecule has 5 aliphatic carbocycles. The molecule has 0 amide bonds. The summed E-state index contributed by atoms with van der Waals surface area (Å²) >= 11 is 0. The average molecular weight is 483 g/mol. The normalized spacial score (nSPS) is 43.9. The lowest BCUT2D eigenvalue weighted by Gasteiger charge is -2.61. The minimum absolute atomic E-state index is 0.133. The maximum atomic E-state index is 11.9. The molecule has 4 nitrogen and oxygen atoms in total. The molecule has 4 saturated carbocycles. The minimum Gasteiger partial charge on any atom is -0.504 e. The minimum atomic E-state index is 0.133. The highest BCUT2D eigenvalue weighted by atomic mass is 16.5. The van der Waals surface area contributed by atoms with Crippen LogP contribution in [0.25, 0.3) is 0 Å². The lowest BCUT2D eigenvalue weighted by atomic mass is 9.47. The van der Waals surface area contributed by atoms with Crippen LogP contribution in [-0.4, -0.2) is 53.2 Å². The van der Waals surface area contributed by atoms with Gasteiger partial charge in [-0.25, -0.2) is 0 Å². The smallest absolute Gasteiger partial charge is 0.161 e. The zero-order chi connectivity index (χ0) is 23.8. The van der Waals surface area contributed by atoms with Gasteiger partial charge in [0.1, 0.15) is 0 Å². The molecule has 2 heterocycles. The number of fused-ring (bicyclic) bond motifs is 1. The third-order valence-electron chi connectivity index (χ3n) is 12.6. The highest BCUT2D eigenvalue weighted by Crippen LogP contribution is 2.83. The van der Waals surface area contributed by atoms with Gasteiger partial charge in [0, 0.05) is 48.7 Å². The average Bonchev–Trinajstić information content (AvgIpc) is 3.46. The number of aromatic hydroxyl groups is 1. The van der Waals surface area contributed by atoms with E-state index < -0.39 is 0 Å². The summed E-state index contributed by atoms with van der Waals surface area (Å²) in [4.78, 5) is 5.87. The third kappa shape index (κ3) is 2.16. The van der Waals surface area contributed by atoms with Crippen molar-refractivity contribution in [1.82, 2.24) is 9.80 Å². The second-order valence-electron chi connectivity index (χ2n) is 13.4. The van der Waals surface area contributed by atoms with E-state index in [-0.39, 0.29) is 5.41 Å². The molecule has 7 aliphatic rings. The molecule has 1 spiro atoms. The SMILES string of the molecule is COc1ccc2c(c1O)C13C4CN(C5CCC5)C(C4C2)C12CCC1C3[C@@H](CN1Cc1ccccc1)C2. The van der Waals surface area contributed by atoms with Crippen molar-refractivity contribution in [3.05, 3.63) is 59.2 Å². The highest BCUT2D eigenvalue weighted by molar-refractivity contribution is 5.61. The van der Waals surface area contributed by atoms with Gasteiger partial charge in [-0.3, -0.25) is 9.80 Å². The summed E-state index contributed by atoms with van der Waals surface area (Å²) in [5.74, 6) is 4.08. The van der Waals surface area contributed by atoms with Gasteiger partial charge in [0.2, 0.25) is 0 Å². The molecule has 6 bridgehead atoms. The van der Waals surface area contributed by atoms with E-state index in [1.807, 2.05) is 6.07 Å². The van der Waals surface area contributed by atoms with Gasteiger partial charge >= 0.3 is 0 Å². The molecule has 2 aromatic rings. The molecule has 0 aromatic heterocycles. The molecule has 2 aromatic carbocycles. The summed E-state index contributed by atoms with van der Waals surface area (Å²) in [6.07, 6.45) is 9.44. The Morgan fingerprint density at radius 3 is 2.69 bits per heavy atom. The van der Waals surface area contributed by atoms with Gasteiger partial charge in [0.15, 0.2) is 11.5 Å². The van der Waals surface area contributed by atoms with Gasteiger partial charge in [0.05, 0.1) is 7.11 Å². The lowest BCUT2D eigenvalue weighted by Crippen LogP contribution is -2.65. The molecular weight excluding hydrogens is 444 g/mol. The number of phenols is 1. The first-order chi connectivity index (χ1) is 17.7. The Bertz CT molecular complexity index is 1240. The Labute approximate surface area is 214 Å². The Kier molecular flexibility index (Phi) is 4.00. The molecule has 188 valence electrons. The quantitative estimate of drug-likeness (QED) is 0.667. The molecule has 2 aliphatic heterocycles. The van der Waals surface area contributed by atoms with Crippen LogP contribution in [0, 0.1) is 29.1 Å². The first-order valence-corrected chi connectivity index (χ1v) is 14.6. The summed E-state index contributed by atoms with van der Waals surface area (Å²) in [6, 6.07) is 17.7. The first-order valence-electron chi connectivity index (χ1n) is 14.6. The van der Waals surface area contributed by atoms with Crippen LogP contribution in [0.2, 0.25) is 0 Å². The largest absolute Gasteiger partial charge is 0.504 e. The van der Waals surface area contributed by atoms with Crippen LogP contribution >= 0.6 is 0 Å². The molecule has 1 N–H and O–H groups in total. The van der Waals surface area contributed by atoms with Gasteiger partial charge in [-0.1, -0.05) is 42.8 Å². The molecule has 0 radical (unpaired) electrons. The van der Waals surface area contributed by atoms with E-state index in [9.17, 15) is 5.11 Å². The van der Waals surface area contributed by atoms with Crippen LogP contribution in [0.4, 0.5) is 0 Å². The molecule has 7 unspecified atom stereocenters. The monoisotopic (exact) mass is 482 g/mol. The molecule has 9 rings (SSSR count). The van der Waals surface area contributed by atoms with E-state index >= 15 is 0 Å². The summed E-state index contributed by atoms with van der Waals surface area (Å²) in [7, 11) is 1.72. The van der Waals surface area contributed by atoms with Crippen molar-refractivity contribution in [3.63, 3.8) is 0 Å². The zero-order valence-corrected chi connectivity index (χ0v) is 21.4. The van der Waals surface area contributed by atoms with Crippen LogP contribution in [0.1, 0.15) is 55.2 Å². The topological polar surface area (TPSA) is 35.9 Å². The number of hydrogen-bond acceptors (Lipinski definition) is 4. The first kappa shape index (κ1) is 21.0. The fourth-order valence-electron chi connectivity index (χ4n) is 11.9. The number of rotatable bonds is 4. The summed E-state index contributed by atoms with van der Waals surface area (Å²) in [5.41, 5.74) is 4.71. The Morgan fingerprint density at radius 2 is 1.92 bits per heavy atom. The maximum Gasteiger partial charge on any atom is 0.161 e. The van der Waals surface area contributed by atoms with Gasteiger partial charge in [-0.05, 0) is 84.8 Å². The van der Waals surface area contributed by atoms with Crippen molar-refractivity contribution in [2.24, 2.45) is 29.1 Å². The molecule has 4 heteroatoms. The molecule has 2 saturated heterocycles. The molecule has 8 atom stereocenters. The van der Waals surface area contributed by atoms with Crippen LogP contribution in [-0.2, 0) is 18.4 Å². The van der Waals surface area contributed by atoms with Crippen molar-refractivity contribution in [2.45, 2.75) is 75.0 Å². The zero-order valence-electron chi connectivity index (χ0n) is 21.4. The number of likely N-dealkylation sites (tertiary alicyclic amines) is 2. The summed E-state index contributed by atoms with van der Waals surface area (Å²) < 4.78 is 5.75. The van der Waals surface area contributed by atoms with Crippen LogP contribution < -0.4 is 4.74 Å². The second kappa shape index (κ2) is 6.88. The number of benzene rings is 2. The van der Waals surface area contributed by atoms with Crippen molar-refractivity contribution in [2.75, 3.05) is 20.2 Å². The second-order valence-corrected chi connectivity index (χ2v) is 13.4. The Morgan fingerprint density at radius 1 is 1.06 bits per heavy atom. The van der Waals surface area contributed by atoms with Gasteiger partial charge in [-0.15, -0.1) is 0 Å². The summed E-state index contributed by atoms with van der Waals surface area (Å²) in [5, 5.41) is 11.9. The fraction of sp³-hybridized carbons (Fsp3) is 0.625. The Hall–Kier alpha value is -2.04. The number of phenolic OH excluding ortho intramolecular Hbond substituents is 1. The van der Waals surface area contributed by atoms with Crippen molar-refractivity contribution in [3.8, 4) is 11.5 Å². The standard InChI is InChI=1S/C32H38N2O2/c1-36-26-11-10-20-14-23-24-18-34(22-8-5-9-22)30(23)31-13-12-25-27(32(24,31)28(20)29(26)35)21(15-31)17-33(25)16-19-6-3-2-4-7-19/h2-4,6-7,10-11,21-25,27,30,35H,5,8-9,12-18H2,1H3/t21-,23?,24?,25?,27?,30?,31?,32?/m1/s1. The highest BCUT2D eigenvalue weighted by Gasteiger charge is 2.84. The van der Waals surface area contributed by atoms with E-state index in [4.69, 9.17) is 4.74 Å². The third-order valence-corrected chi connectivity index (χ3v) is 12.6. The van der Waals surface area contributed by atoms with E-state index in [0.29, 0.717) is 34.8 Å². The number of hydrogen-bond donors (Lipinski definition) is 1. The van der Waals surface area contributed by atoms with Crippen molar-refractivity contribution < 1.29 is 9.84 Å². The molecule has 6 fully saturated rings. The number of ether oxygens (including phenoxy) is 1. The maximum absolute atomic E-state index is 11.9. The molecular formula is C32H38N2O2. The van der Waals surface area contributed by atoms with Crippen LogP contribution in [0.5, 0.6) is 11.5 Å². The van der Waals surface area contributed by atoms with Crippen molar-refractivity contribution >= 4 is 0 Å². The van der Waals surface area contributed by atoms with Gasteiger partial charge in [-0.2, -0.15) is 0 Å². The van der Waals surface area contributed by atoms with Gasteiger partial charge < -0.3 is 9.84 Å². The van der Waals surface area contributed by atoms with Gasteiger partial charge in [0.25, 0.3) is 0 Å². The van der Waals surface area contributed by atoms with Crippen LogP contribution in [0.3, 0.4) is 0 Å². The van der Waals surface area contributed by atoms with E-state index in [0.717, 1.165) is 36.9 Å². The van der Waals surface area contributed by atoms with E-state index in [1.54, 1.807) is 7.11 Å². The predicted octanol–water partition coefficient (Wildman–Crippen LogP) is 4.98. The Balaban J connectivity index is 1.22. The number of methoxy groups -OCH3 is 1. The number of piperidine rings is 1. The lowest BCUT2D eigenvalue weighted by molar-refractivity contribution is -0.0806. The predicted molar refractivity (Wildman–Crippen MR) is 139 cm³/mol. The van der Waals surface area contributed by atoms with Crippen molar-refractivity contribution in [1.29, 1.82) is 0 Å². The van der Waals surface area contributed by atoms with E-state index in [1.165, 1.54) is 68.3 Å². The molecule has 36 heavy (non-hydrogen) atoms. The summed E-state index contributed by atoms with van der Waals surface area (Å²) in [6.45, 7) is 3.58. The number of nitrogens with zero attached hydrogens (tertiary/aromatic N) is 2. The van der Waals surface area contributed by atoms with E-state index in [2.05, 4.69) is 46.2 Å².